The zero-order valence-electron chi connectivity index (χ0n) is 10.3. The first-order valence-electron chi connectivity index (χ1n) is 5.73. The first kappa shape index (κ1) is 13.9. The molecule has 1 aromatic rings. The van der Waals surface area contributed by atoms with Gasteiger partial charge in [-0.2, -0.15) is 0 Å². The minimum absolute atomic E-state index is 0.0130. The third-order valence-corrected chi connectivity index (χ3v) is 3.02. The lowest BCUT2D eigenvalue weighted by Gasteiger charge is -2.14. The van der Waals surface area contributed by atoms with Gasteiger partial charge in [-0.3, -0.25) is 14.3 Å². The number of hydrogen-bond donors (Lipinski definition) is 2. The summed E-state index contributed by atoms with van der Waals surface area (Å²) in [4.78, 5) is 27.9. The summed E-state index contributed by atoms with van der Waals surface area (Å²) in [6.45, 7) is -0.347. The van der Waals surface area contributed by atoms with Crippen LogP contribution in [0.2, 0.25) is 0 Å². The number of aromatic nitrogens is 2. The molecule has 9 heteroatoms. The van der Waals surface area contributed by atoms with Crippen molar-refractivity contribution in [1.29, 1.82) is 0 Å². The Bertz CT molecular complexity index is 709. The summed E-state index contributed by atoms with van der Waals surface area (Å²) in [6, 6.07) is -0.594. The lowest BCUT2D eigenvalue weighted by atomic mass is 10.1. The third kappa shape index (κ3) is 2.44. The summed E-state index contributed by atoms with van der Waals surface area (Å²) in [5.41, 5.74) is 7.10. The van der Waals surface area contributed by atoms with Crippen LogP contribution in [0.25, 0.3) is 10.4 Å². The zero-order valence-corrected chi connectivity index (χ0v) is 10.3. The van der Waals surface area contributed by atoms with Crippen LogP contribution in [0.3, 0.4) is 0 Å². The second-order valence-corrected chi connectivity index (χ2v) is 4.17. The molecule has 2 heterocycles. The topological polar surface area (TPSA) is 133 Å². The summed E-state index contributed by atoms with van der Waals surface area (Å²) in [5, 5.41) is 12.7. The molecule has 0 radical (unpaired) electrons. The minimum atomic E-state index is -0.765. The zero-order chi connectivity index (χ0) is 14.7. The molecule has 1 aromatic heterocycles. The molecule has 0 aliphatic carbocycles. The van der Waals surface area contributed by atoms with Gasteiger partial charge in [-0.05, 0) is 5.53 Å². The number of nitrogens with zero attached hydrogens (tertiary/aromatic N) is 4. The van der Waals surface area contributed by atoms with Crippen molar-refractivity contribution in [1.82, 2.24) is 9.55 Å². The number of rotatable bonds is 3. The maximum absolute atomic E-state index is 11.7. The van der Waals surface area contributed by atoms with Crippen molar-refractivity contribution >= 4 is 0 Å². The van der Waals surface area contributed by atoms with Crippen molar-refractivity contribution in [2.24, 2.45) is 5.11 Å². The SMILES string of the molecule is C#Cc1cn([C@H]2C[C@H](N=[N+]=[N-])[C@@H](CO)O2)c(=O)[nH]c1=O. The molecule has 20 heavy (non-hydrogen) atoms. The molecular formula is C11H11N5O4. The van der Waals surface area contributed by atoms with Crippen LogP contribution < -0.4 is 11.2 Å². The Kier molecular flexibility index (Phi) is 3.91. The van der Waals surface area contributed by atoms with Crippen LogP contribution in [0.1, 0.15) is 18.2 Å². The fraction of sp³-hybridized carbons (Fsp3) is 0.455. The maximum atomic E-state index is 11.7. The number of aliphatic hydroxyl groups excluding tert-OH is 1. The van der Waals surface area contributed by atoms with Crippen molar-refractivity contribution < 1.29 is 9.84 Å². The highest BCUT2D eigenvalue weighted by atomic mass is 16.5. The molecule has 1 aliphatic rings. The van der Waals surface area contributed by atoms with Gasteiger partial charge in [0, 0.05) is 17.5 Å². The Morgan fingerprint density at radius 1 is 1.70 bits per heavy atom. The highest BCUT2D eigenvalue weighted by Crippen LogP contribution is 2.29. The maximum Gasteiger partial charge on any atom is 0.330 e. The fourth-order valence-electron chi connectivity index (χ4n) is 2.04. The van der Waals surface area contributed by atoms with E-state index in [0.29, 0.717) is 0 Å². The van der Waals surface area contributed by atoms with Gasteiger partial charge in [0.25, 0.3) is 5.56 Å². The third-order valence-electron chi connectivity index (χ3n) is 3.02. The van der Waals surface area contributed by atoms with E-state index in [9.17, 15) is 9.59 Å². The van der Waals surface area contributed by atoms with Crippen molar-refractivity contribution in [2.45, 2.75) is 24.8 Å². The number of H-pyrrole nitrogens is 1. The molecule has 0 spiro atoms. The van der Waals surface area contributed by atoms with Crippen molar-refractivity contribution in [3.8, 4) is 12.3 Å². The Morgan fingerprint density at radius 3 is 3.05 bits per heavy atom. The van der Waals surface area contributed by atoms with Crippen LogP contribution in [0, 0.1) is 12.3 Å². The summed E-state index contributed by atoms with van der Waals surface area (Å²) in [7, 11) is 0. The van der Waals surface area contributed by atoms with Crippen LogP contribution in [0.15, 0.2) is 20.9 Å². The molecule has 0 saturated carbocycles. The molecule has 2 N–H and O–H groups in total. The number of ether oxygens (including phenoxy) is 1. The van der Waals surface area contributed by atoms with Gasteiger partial charge in [-0.25, -0.2) is 4.79 Å². The van der Waals surface area contributed by atoms with E-state index in [-0.39, 0.29) is 18.6 Å². The predicted octanol–water partition coefficient (Wildman–Crippen LogP) is -0.523. The minimum Gasteiger partial charge on any atom is -0.394 e. The van der Waals surface area contributed by atoms with Crippen LogP contribution in [0.4, 0.5) is 0 Å². The molecule has 2 rings (SSSR count). The molecule has 0 amide bonds. The second-order valence-electron chi connectivity index (χ2n) is 4.17. The summed E-state index contributed by atoms with van der Waals surface area (Å²) >= 11 is 0. The van der Waals surface area contributed by atoms with Crippen molar-refractivity contribution in [3.63, 3.8) is 0 Å². The van der Waals surface area contributed by atoms with E-state index in [0.717, 1.165) is 4.57 Å². The average molecular weight is 277 g/mol. The number of azide groups is 1. The van der Waals surface area contributed by atoms with Gasteiger partial charge >= 0.3 is 5.69 Å². The summed E-state index contributed by atoms with van der Waals surface area (Å²) in [6.07, 6.45) is 5.10. The van der Waals surface area contributed by atoms with Crippen LogP contribution in [-0.4, -0.2) is 33.4 Å². The van der Waals surface area contributed by atoms with Gasteiger partial charge in [0.1, 0.15) is 11.8 Å². The first-order valence-corrected chi connectivity index (χ1v) is 5.73. The van der Waals surface area contributed by atoms with Gasteiger partial charge in [0.2, 0.25) is 0 Å². The standard InChI is InChI=1S/C11H11N5O4/c1-2-6-4-16(11(19)13-10(6)18)9-3-7(14-15-12)8(5-17)20-9/h1,4,7-9,17H,3,5H2,(H,13,18,19)/t7-,8+,9+/m0/s1. The van der Waals surface area contributed by atoms with Gasteiger partial charge in [0.15, 0.2) is 0 Å². The average Bonchev–Trinajstić information content (AvgIpc) is 2.82. The van der Waals surface area contributed by atoms with Gasteiger partial charge in [-0.1, -0.05) is 11.0 Å². The van der Waals surface area contributed by atoms with Crippen LogP contribution in [-0.2, 0) is 4.74 Å². The normalized spacial score (nSPS) is 24.9. The van der Waals surface area contributed by atoms with E-state index >= 15 is 0 Å². The lowest BCUT2D eigenvalue weighted by molar-refractivity contribution is -0.0271. The van der Waals surface area contributed by atoms with E-state index in [1.807, 2.05) is 0 Å². The Morgan fingerprint density at radius 2 is 2.45 bits per heavy atom. The van der Waals surface area contributed by atoms with Crippen LogP contribution >= 0.6 is 0 Å². The number of aromatic amines is 1. The molecule has 104 valence electrons. The number of terminal acetylenes is 1. The van der Waals surface area contributed by atoms with Gasteiger partial charge < -0.3 is 9.84 Å². The second kappa shape index (κ2) is 5.63. The van der Waals surface area contributed by atoms with Gasteiger partial charge in [0.05, 0.1) is 18.8 Å². The molecule has 0 unspecified atom stereocenters. The molecule has 1 aliphatic heterocycles. The molecular weight excluding hydrogens is 266 g/mol. The van der Waals surface area contributed by atoms with E-state index in [4.69, 9.17) is 21.8 Å². The monoisotopic (exact) mass is 277 g/mol. The molecule has 1 fully saturated rings. The van der Waals surface area contributed by atoms with Gasteiger partial charge in [-0.15, -0.1) is 6.42 Å². The molecule has 1 saturated heterocycles. The smallest absolute Gasteiger partial charge is 0.330 e. The first-order chi connectivity index (χ1) is 9.60. The van der Waals surface area contributed by atoms with Crippen molar-refractivity contribution in [3.05, 3.63) is 43.0 Å². The highest BCUT2D eigenvalue weighted by Gasteiger charge is 2.35. The van der Waals surface area contributed by atoms with E-state index in [1.165, 1.54) is 6.20 Å². The largest absolute Gasteiger partial charge is 0.394 e. The number of hydrogen-bond acceptors (Lipinski definition) is 5. The Balaban J connectivity index is 2.39. The van der Waals surface area contributed by atoms with Crippen molar-refractivity contribution in [2.75, 3.05) is 6.61 Å². The highest BCUT2D eigenvalue weighted by molar-refractivity contribution is 5.26. The molecule has 0 bridgehead atoms. The Hall–Kier alpha value is -2.53. The molecule has 3 atom stereocenters. The quantitative estimate of drug-likeness (QED) is 0.332. The predicted molar refractivity (Wildman–Crippen MR) is 67.8 cm³/mol. The van der Waals surface area contributed by atoms with E-state index in [1.54, 1.807) is 0 Å². The number of nitrogens with one attached hydrogen (secondary N) is 1. The lowest BCUT2D eigenvalue weighted by Crippen LogP contribution is -2.33. The Labute approximate surface area is 112 Å². The van der Waals surface area contributed by atoms with E-state index in [2.05, 4.69) is 20.9 Å². The number of aliphatic hydroxyl groups is 1. The van der Waals surface area contributed by atoms with E-state index < -0.39 is 29.6 Å². The fourth-order valence-corrected chi connectivity index (χ4v) is 2.04. The molecule has 0 aromatic carbocycles. The van der Waals surface area contributed by atoms with Crippen LogP contribution in [0.5, 0.6) is 0 Å². The summed E-state index contributed by atoms with van der Waals surface area (Å²) in [5.74, 6) is 2.16. The molecule has 9 nitrogen and oxygen atoms in total. The summed E-state index contributed by atoms with van der Waals surface area (Å²) < 4.78 is 6.56.